The zero-order valence-electron chi connectivity index (χ0n) is 19.0. The molecule has 0 nitrogen and oxygen atoms in total. The Balaban J connectivity index is 1.79. The normalized spacial score (nSPS) is 12.0. The standard InChI is InChI=1S/C31H25ClPSi/c1-24-13-11-12-20-29(24)33(26-14-5-2-6-15-26)30-22-21-25(32)23-31(30)34(27-16-7-3-8-17-27)28-18-9-4-10-19-28/h2-23H,1H3. The first-order chi connectivity index (χ1) is 16.7. The Hall–Kier alpha value is -2.96. The molecule has 0 heterocycles. The van der Waals surface area contributed by atoms with Gasteiger partial charge in [0.15, 0.2) is 8.80 Å². The van der Waals surface area contributed by atoms with Crippen LogP contribution in [0.2, 0.25) is 5.02 Å². The van der Waals surface area contributed by atoms with E-state index in [1.807, 2.05) is 0 Å². The lowest BCUT2D eigenvalue weighted by Gasteiger charge is -2.27. The van der Waals surface area contributed by atoms with Gasteiger partial charge < -0.3 is 0 Å². The third-order valence-electron chi connectivity index (χ3n) is 5.96. The zero-order valence-corrected chi connectivity index (χ0v) is 21.7. The number of rotatable bonds is 6. The van der Waals surface area contributed by atoms with Crippen LogP contribution in [0, 0.1) is 6.92 Å². The second kappa shape index (κ2) is 10.5. The summed E-state index contributed by atoms with van der Waals surface area (Å²) in [4.78, 5) is 0. The highest BCUT2D eigenvalue weighted by molar-refractivity contribution is 7.80. The summed E-state index contributed by atoms with van der Waals surface area (Å²) < 4.78 is 0. The van der Waals surface area contributed by atoms with Gasteiger partial charge in [0, 0.05) is 5.02 Å². The van der Waals surface area contributed by atoms with Gasteiger partial charge in [-0.15, -0.1) is 0 Å². The van der Waals surface area contributed by atoms with Crippen LogP contribution in [0.3, 0.4) is 0 Å². The van der Waals surface area contributed by atoms with E-state index in [1.165, 1.54) is 37.0 Å². The molecule has 5 aromatic carbocycles. The van der Waals surface area contributed by atoms with Crippen molar-refractivity contribution in [1.82, 2.24) is 0 Å². The monoisotopic (exact) mass is 491 g/mol. The van der Waals surface area contributed by atoms with Crippen molar-refractivity contribution >= 4 is 59.8 Å². The highest BCUT2D eigenvalue weighted by Crippen LogP contribution is 2.34. The number of benzene rings is 5. The molecule has 5 rings (SSSR count). The van der Waals surface area contributed by atoms with Crippen molar-refractivity contribution in [3.63, 3.8) is 0 Å². The number of hydrogen-bond donors (Lipinski definition) is 0. The van der Waals surface area contributed by atoms with E-state index in [2.05, 4.69) is 140 Å². The molecular formula is C31H25ClPSi. The number of halogens is 1. The Labute approximate surface area is 210 Å². The molecule has 0 saturated carbocycles. The summed E-state index contributed by atoms with van der Waals surface area (Å²) in [5.74, 6) is 0. The lowest BCUT2D eigenvalue weighted by Crippen LogP contribution is -2.57. The summed E-state index contributed by atoms with van der Waals surface area (Å²) in [5, 5.41) is 9.05. The molecule has 0 saturated heterocycles. The Bertz CT molecular complexity index is 1330. The maximum absolute atomic E-state index is 6.69. The van der Waals surface area contributed by atoms with E-state index in [1.54, 1.807) is 0 Å². The molecule has 0 aromatic heterocycles. The van der Waals surface area contributed by atoms with Crippen molar-refractivity contribution in [3.05, 3.63) is 144 Å². The van der Waals surface area contributed by atoms with Gasteiger partial charge in [0.25, 0.3) is 0 Å². The third-order valence-corrected chi connectivity index (χ3v) is 11.9. The predicted octanol–water partition coefficient (Wildman–Crippen LogP) is 4.92. The summed E-state index contributed by atoms with van der Waals surface area (Å²) in [7, 11) is -2.02. The van der Waals surface area contributed by atoms with Crippen molar-refractivity contribution in [2.24, 2.45) is 0 Å². The molecule has 3 heteroatoms. The molecule has 0 N–H and O–H groups in total. The Morgan fingerprint density at radius 1 is 0.559 bits per heavy atom. The van der Waals surface area contributed by atoms with E-state index in [9.17, 15) is 0 Å². The van der Waals surface area contributed by atoms with Crippen molar-refractivity contribution in [3.8, 4) is 0 Å². The van der Waals surface area contributed by atoms with Crippen LogP contribution in [0.25, 0.3) is 0 Å². The Morgan fingerprint density at radius 2 is 1.09 bits per heavy atom. The molecule has 1 unspecified atom stereocenters. The summed E-state index contributed by atoms with van der Waals surface area (Å²) in [6, 6.07) is 48.2. The largest absolute Gasteiger partial charge is 0.155 e. The second-order valence-corrected chi connectivity index (χ2v) is 13.3. The average molecular weight is 492 g/mol. The van der Waals surface area contributed by atoms with E-state index in [0.717, 1.165) is 5.02 Å². The van der Waals surface area contributed by atoms with Crippen molar-refractivity contribution in [2.75, 3.05) is 0 Å². The van der Waals surface area contributed by atoms with Gasteiger partial charge in [-0.3, -0.25) is 0 Å². The minimum Gasteiger partial charge on any atom is -0.0843 e. The minimum absolute atomic E-state index is 0.746. The first-order valence-electron chi connectivity index (χ1n) is 11.4. The van der Waals surface area contributed by atoms with Gasteiger partial charge >= 0.3 is 0 Å². The molecule has 0 aliphatic carbocycles. The van der Waals surface area contributed by atoms with Gasteiger partial charge in [-0.2, -0.15) is 0 Å². The highest BCUT2D eigenvalue weighted by Gasteiger charge is 2.28. The van der Waals surface area contributed by atoms with E-state index in [-0.39, 0.29) is 0 Å². The van der Waals surface area contributed by atoms with Crippen LogP contribution in [0.5, 0.6) is 0 Å². The fourth-order valence-electron chi connectivity index (χ4n) is 4.39. The van der Waals surface area contributed by atoms with Crippen molar-refractivity contribution < 1.29 is 0 Å². The Morgan fingerprint density at radius 3 is 1.68 bits per heavy atom. The fourth-order valence-corrected chi connectivity index (χ4v) is 10.4. The Kier molecular flexibility index (Phi) is 7.07. The van der Waals surface area contributed by atoms with Crippen molar-refractivity contribution in [1.29, 1.82) is 0 Å². The predicted molar refractivity (Wildman–Crippen MR) is 152 cm³/mol. The molecule has 0 fully saturated rings. The van der Waals surface area contributed by atoms with Gasteiger partial charge in [0.1, 0.15) is 0 Å². The maximum Gasteiger partial charge on any atom is 0.155 e. The van der Waals surface area contributed by atoms with E-state index in [4.69, 9.17) is 11.6 Å². The van der Waals surface area contributed by atoms with Crippen LogP contribution in [0.4, 0.5) is 0 Å². The topological polar surface area (TPSA) is 0 Å². The van der Waals surface area contributed by atoms with Crippen LogP contribution in [0.1, 0.15) is 5.56 Å². The van der Waals surface area contributed by atoms with Gasteiger partial charge in [-0.25, -0.2) is 0 Å². The SMILES string of the molecule is Cc1ccccc1P(c1ccccc1)c1ccc(Cl)cc1[Si](c1ccccc1)c1ccccc1. The van der Waals surface area contributed by atoms with Gasteiger partial charge in [-0.1, -0.05) is 143 Å². The van der Waals surface area contributed by atoms with Crippen LogP contribution in [-0.4, -0.2) is 8.80 Å². The molecule has 0 aliphatic heterocycles. The van der Waals surface area contributed by atoms with E-state index in [0.29, 0.717) is 0 Å². The van der Waals surface area contributed by atoms with Gasteiger partial charge in [0.2, 0.25) is 0 Å². The third kappa shape index (κ3) is 4.79. The smallest absolute Gasteiger partial charge is 0.0843 e. The number of aryl methyl sites for hydroxylation is 1. The zero-order chi connectivity index (χ0) is 23.3. The van der Waals surface area contributed by atoms with Crippen molar-refractivity contribution in [2.45, 2.75) is 6.92 Å². The second-order valence-electron chi connectivity index (χ2n) is 8.23. The molecule has 0 aliphatic rings. The fraction of sp³-hybridized carbons (Fsp3) is 0.0323. The molecule has 5 aromatic rings. The maximum atomic E-state index is 6.69. The van der Waals surface area contributed by atoms with Crippen LogP contribution >= 0.6 is 19.5 Å². The van der Waals surface area contributed by atoms with E-state index >= 15 is 0 Å². The molecule has 34 heavy (non-hydrogen) atoms. The summed E-state index contributed by atoms with van der Waals surface area (Å²) in [6.07, 6.45) is 0. The highest BCUT2D eigenvalue weighted by atomic mass is 35.5. The van der Waals surface area contributed by atoms with Crippen LogP contribution in [0.15, 0.2) is 133 Å². The molecule has 0 amide bonds. The molecule has 0 bridgehead atoms. The lowest BCUT2D eigenvalue weighted by molar-refractivity contribution is 1.52. The summed E-state index contributed by atoms with van der Waals surface area (Å²) in [6.45, 7) is 2.23. The number of hydrogen-bond acceptors (Lipinski definition) is 0. The average Bonchev–Trinajstić information content (AvgIpc) is 2.89. The van der Waals surface area contributed by atoms with Gasteiger partial charge in [0.05, 0.1) is 0 Å². The summed E-state index contributed by atoms with van der Waals surface area (Å²) >= 11 is 6.69. The van der Waals surface area contributed by atoms with Crippen LogP contribution < -0.4 is 31.5 Å². The molecular weight excluding hydrogens is 467 g/mol. The molecule has 1 atom stereocenters. The van der Waals surface area contributed by atoms with Crippen LogP contribution in [-0.2, 0) is 0 Å². The molecule has 0 spiro atoms. The quantitative estimate of drug-likeness (QED) is 0.180. The minimum atomic E-state index is -1.27. The first-order valence-corrected chi connectivity index (χ1v) is 14.6. The molecule has 1 radical (unpaired) electrons. The van der Waals surface area contributed by atoms with Gasteiger partial charge in [-0.05, 0) is 53.6 Å². The van der Waals surface area contributed by atoms with E-state index < -0.39 is 16.7 Å². The first kappa shape index (κ1) is 22.8. The molecule has 165 valence electrons. The lowest BCUT2D eigenvalue weighted by atomic mass is 10.2. The summed E-state index contributed by atoms with van der Waals surface area (Å²) in [5.41, 5.74) is 1.33.